The minimum Gasteiger partial charge on any atom is -0.456 e. The predicted molar refractivity (Wildman–Crippen MR) is 243 cm³/mol. The molecule has 0 saturated carbocycles. The third kappa shape index (κ3) is 4.49. The van der Waals surface area contributed by atoms with Crippen molar-refractivity contribution in [2.45, 2.75) is 5.41 Å². The molecule has 0 unspecified atom stereocenters. The summed E-state index contributed by atoms with van der Waals surface area (Å²) in [7, 11) is 0. The first-order valence-corrected chi connectivity index (χ1v) is 20.5. The molecule has 0 atom stereocenters. The molecule has 2 aliphatic rings. The molecule has 280 valence electrons. The Morgan fingerprint density at radius 2 is 0.900 bits per heavy atom. The van der Waals surface area contributed by atoms with E-state index in [1.807, 2.05) is 6.07 Å². The van der Waals surface area contributed by atoms with E-state index in [9.17, 15) is 0 Å². The first-order chi connectivity index (χ1) is 29.8. The highest BCUT2D eigenvalue weighted by Gasteiger charge is 2.48. The van der Waals surface area contributed by atoms with E-state index in [4.69, 9.17) is 13.9 Å². The molecule has 0 amide bonds. The number of rotatable bonds is 4. The van der Waals surface area contributed by atoms with Gasteiger partial charge in [0.25, 0.3) is 0 Å². The summed E-state index contributed by atoms with van der Waals surface area (Å²) in [5.41, 5.74) is 12.8. The van der Waals surface area contributed by atoms with Crippen LogP contribution >= 0.6 is 0 Å². The third-order valence-electron chi connectivity index (χ3n) is 12.8. The number of hydrogen-bond donors (Lipinski definition) is 0. The fourth-order valence-corrected chi connectivity index (χ4v) is 10.4. The van der Waals surface area contributed by atoms with Crippen LogP contribution in [-0.2, 0) is 5.41 Å². The molecule has 0 radical (unpaired) electrons. The largest absolute Gasteiger partial charge is 0.456 e. The van der Waals surface area contributed by atoms with E-state index < -0.39 is 5.41 Å². The molecule has 1 aliphatic carbocycles. The Morgan fingerprint density at radius 1 is 0.333 bits per heavy atom. The van der Waals surface area contributed by atoms with Crippen molar-refractivity contribution in [1.29, 1.82) is 0 Å². The lowest BCUT2D eigenvalue weighted by Gasteiger charge is -2.34. The summed E-state index contributed by atoms with van der Waals surface area (Å²) in [4.78, 5) is 0. The maximum absolute atomic E-state index is 7.17. The number of hydrogen-bond acceptors (Lipinski definition) is 3. The monoisotopic (exact) mass is 766 g/mol. The van der Waals surface area contributed by atoms with E-state index in [1.165, 1.54) is 49.4 Å². The van der Waals surface area contributed by atoms with Crippen molar-refractivity contribution in [2.24, 2.45) is 0 Å². The van der Waals surface area contributed by atoms with Gasteiger partial charge in [0.1, 0.15) is 11.2 Å². The molecule has 0 bridgehead atoms. The molecule has 11 aromatic rings. The lowest BCUT2D eigenvalue weighted by molar-refractivity contribution is 0.360. The van der Waals surface area contributed by atoms with Gasteiger partial charge >= 0.3 is 0 Å². The van der Waals surface area contributed by atoms with Crippen LogP contribution < -0.4 is 9.47 Å². The molecule has 1 aliphatic heterocycles. The van der Waals surface area contributed by atoms with Crippen molar-refractivity contribution in [2.75, 3.05) is 0 Å². The first-order valence-electron chi connectivity index (χ1n) is 20.5. The summed E-state index contributed by atoms with van der Waals surface area (Å²) in [6.07, 6.45) is 0. The van der Waals surface area contributed by atoms with E-state index in [0.29, 0.717) is 17.2 Å². The lowest BCUT2D eigenvalue weighted by Crippen LogP contribution is -2.28. The summed E-state index contributed by atoms with van der Waals surface area (Å²) in [5, 5.41) is 6.93. The predicted octanol–water partition coefficient (Wildman–Crippen LogP) is 15.5. The van der Waals surface area contributed by atoms with Gasteiger partial charge in [-0.1, -0.05) is 176 Å². The van der Waals surface area contributed by atoms with Gasteiger partial charge in [0.05, 0.1) is 5.41 Å². The Kier molecular flexibility index (Phi) is 6.93. The minimum atomic E-state index is -0.540. The Labute approximate surface area is 346 Å². The second-order valence-electron chi connectivity index (χ2n) is 15.8. The molecule has 0 fully saturated rings. The number of benzene rings is 10. The second kappa shape index (κ2) is 12.6. The van der Waals surface area contributed by atoms with Crippen LogP contribution in [0.4, 0.5) is 0 Å². The standard InChI is InChI=1S/C57H34O3/c1-3-16-36(17-4-1)57(37-18-5-2-6-19-37)45-27-13-11-24-42(45)55-46(57)31-33-50-56(55)60-51-34-35(30-32-48(51)59-50)52-38-20-7-9-22-40(38)53(41-23-10-8-21-39(41)52)44-26-15-29-49-54(44)43-25-12-14-28-47(43)58-49/h1-34H. The van der Waals surface area contributed by atoms with Crippen molar-refractivity contribution in [3.05, 3.63) is 229 Å². The molecular formula is C57H34O3. The summed E-state index contributed by atoms with van der Waals surface area (Å²) in [6.45, 7) is 0. The zero-order chi connectivity index (χ0) is 39.4. The molecule has 2 heterocycles. The van der Waals surface area contributed by atoms with Crippen LogP contribution in [0.5, 0.6) is 23.0 Å². The molecule has 0 saturated heterocycles. The van der Waals surface area contributed by atoms with Gasteiger partial charge in [-0.3, -0.25) is 0 Å². The Bertz CT molecular complexity index is 3450. The molecule has 13 rings (SSSR count). The normalized spacial score (nSPS) is 13.4. The van der Waals surface area contributed by atoms with Crippen LogP contribution in [-0.4, -0.2) is 0 Å². The highest BCUT2D eigenvalue weighted by atomic mass is 16.6. The Balaban J connectivity index is 1.02. The topological polar surface area (TPSA) is 31.6 Å². The lowest BCUT2D eigenvalue weighted by atomic mass is 9.68. The molecule has 3 nitrogen and oxygen atoms in total. The van der Waals surface area contributed by atoms with Crippen molar-refractivity contribution in [3.63, 3.8) is 0 Å². The van der Waals surface area contributed by atoms with Gasteiger partial charge in [-0.15, -0.1) is 0 Å². The second-order valence-corrected chi connectivity index (χ2v) is 15.8. The fraction of sp³-hybridized carbons (Fsp3) is 0.0175. The van der Waals surface area contributed by atoms with Crippen LogP contribution in [0.15, 0.2) is 211 Å². The van der Waals surface area contributed by atoms with Gasteiger partial charge in [-0.2, -0.15) is 0 Å². The van der Waals surface area contributed by atoms with E-state index in [-0.39, 0.29) is 0 Å². The highest BCUT2D eigenvalue weighted by molar-refractivity contribution is 6.25. The molecule has 0 spiro atoms. The number of fused-ring (bicyclic) bond motifs is 11. The number of ether oxygens (including phenoxy) is 2. The summed E-state index contributed by atoms with van der Waals surface area (Å²) in [5.74, 6) is 2.83. The van der Waals surface area contributed by atoms with Crippen molar-refractivity contribution in [3.8, 4) is 56.4 Å². The van der Waals surface area contributed by atoms with Crippen LogP contribution in [0.1, 0.15) is 22.3 Å². The molecule has 3 heteroatoms. The van der Waals surface area contributed by atoms with Gasteiger partial charge in [0.15, 0.2) is 23.0 Å². The zero-order valence-corrected chi connectivity index (χ0v) is 32.4. The van der Waals surface area contributed by atoms with Gasteiger partial charge in [-0.05, 0) is 102 Å². The van der Waals surface area contributed by atoms with Gasteiger partial charge in [-0.25, -0.2) is 0 Å². The zero-order valence-electron chi connectivity index (χ0n) is 32.4. The number of para-hydroxylation sites is 1. The van der Waals surface area contributed by atoms with Crippen molar-refractivity contribution in [1.82, 2.24) is 0 Å². The van der Waals surface area contributed by atoms with Crippen LogP contribution in [0.25, 0.3) is 76.9 Å². The van der Waals surface area contributed by atoms with Gasteiger partial charge < -0.3 is 13.9 Å². The summed E-state index contributed by atoms with van der Waals surface area (Å²) in [6, 6.07) is 73.5. The Hall–Kier alpha value is -7.88. The summed E-state index contributed by atoms with van der Waals surface area (Å²) < 4.78 is 20.3. The van der Waals surface area contributed by atoms with Gasteiger partial charge in [0.2, 0.25) is 0 Å². The van der Waals surface area contributed by atoms with Crippen LogP contribution in [0.2, 0.25) is 0 Å². The molecule has 0 N–H and O–H groups in total. The molecule has 60 heavy (non-hydrogen) atoms. The third-order valence-corrected chi connectivity index (χ3v) is 12.8. The first kappa shape index (κ1) is 33.1. The number of furan rings is 1. The molecular weight excluding hydrogens is 733 g/mol. The van der Waals surface area contributed by atoms with E-state index in [2.05, 4.69) is 200 Å². The summed E-state index contributed by atoms with van der Waals surface area (Å²) >= 11 is 0. The maximum Gasteiger partial charge on any atom is 0.178 e. The van der Waals surface area contributed by atoms with Crippen molar-refractivity contribution >= 4 is 43.5 Å². The minimum absolute atomic E-state index is 0.540. The smallest absolute Gasteiger partial charge is 0.178 e. The van der Waals surface area contributed by atoms with Gasteiger partial charge in [0, 0.05) is 16.3 Å². The quantitative estimate of drug-likeness (QED) is 0.167. The van der Waals surface area contributed by atoms with E-state index >= 15 is 0 Å². The fourth-order valence-electron chi connectivity index (χ4n) is 10.4. The highest BCUT2D eigenvalue weighted by Crippen LogP contribution is 2.62. The van der Waals surface area contributed by atoms with Crippen molar-refractivity contribution < 1.29 is 13.9 Å². The average molecular weight is 767 g/mol. The molecule has 10 aromatic carbocycles. The Morgan fingerprint density at radius 3 is 1.62 bits per heavy atom. The SMILES string of the molecule is c1ccc(C2(c3ccccc3)c3ccccc3-c3c2ccc2c3Oc3cc(-c4c5ccccc5c(-c5cccc6oc7ccccc7c56)c5ccccc45)ccc3O2)cc1. The average Bonchev–Trinajstić information content (AvgIpc) is 3.85. The van der Waals surface area contributed by atoms with E-state index in [0.717, 1.165) is 55.5 Å². The molecule has 1 aromatic heterocycles. The maximum atomic E-state index is 7.17. The van der Waals surface area contributed by atoms with Crippen LogP contribution in [0, 0.1) is 0 Å². The van der Waals surface area contributed by atoms with E-state index in [1.54, 1.807) is 0 Å². The van der Waals surface area contributed by atoms with Crippen LogP contribution in [0.3, 0.4) is 0 Å².